The van der Waals surface area contributed by atoms with Crippen molar-refractivity contribution in [3.8, 4) is 0 Å². The number of amides is 2. The summed E-state index contributed by atoms with van der Waals surface area (Å²) in [4.78, 5) is 34.8. The van der Waals surface area contributed by atoms with Crippen LogP contribution in [-0.4, -0.2) is 44.8 Å². The van der Waals surface area contributed by atoms with E-state index in [0.29, 0.717) is 23.9 Å². The van der Waals surface area contributed by atoms with Crippen LogP contribution in [0, 0.1) is 47.3 Å². The molecule has 0 atom stereocenters. The van der Waals surface area contributed by atoms with Crippen LogP contribution in [0.4, 0.5) is 0 Å². The van der Waals surface area contributed by atoms with Gasteiger partial charge in [0.05, 0.1) is 0 Å². The second-order valence-electron chi connectivity index (χ2n) is 18.8. The molecule has 2 amide bonds. The van der Waals surface area contributed by atoms with E-state index in [1.54, 1.807) is 0 Å². The summed E-state index contributed by atoms with van der Waals surface area (Å²) < 4.78 is 0. The number of nitrogens with zero attached hydrogens (tertiary/aromatic N) is 2. The van der Waals surface area contributed by atoms with Gasteiger partial charge in [0.2, 0.25) is 11.8 Å². The molecule has 0 heterocycles. The molecule has 0 unspecified atom stereocenters. The maximum atomic E-state index is 14.7. The van der Waals surface area contributed by atoms with E-state index >= 15 is 0 Å². The number of hydrogen-bond acceptors (Lipinski definition) is 2. The smallest absolute Gasteiger partial charge is 0.226 e. The second kappa shape index (κ2) is 11.3. The van der Waals surface area contributed by atoms with E-state index in [1.807, 2.05) is 0 Å². The maximum absolute atomic E-state index is 14.7. The number of rotatable bonds is 6. The van der Waals surface area contributed by atoms with Gasteiger partial charge in [-0.25, -0.2) is 0 Å². The Kier molecular flexibility index (Phi) is 7.46. The SMILES string of the molecule is O=C(C1CCCCC1)N(C1CCC(N(C(=O)C2CCCCC2)C23CC4CC(CC(C4)C2)C3)CC1)C12CC3CC(CC(C3)C1)C2. The summed E-state index contributed by atoms with van der Waals surface area (Å²) in [5, 5.41) is 0. The highest BCUT2D eigenvalue weighted by Gasteiger charge is 2.59. The van der Waals surface area contributed by atoms with E-state index in [9.17, 15) is 9.59 Å². The fourth-order valence-corrected chi connectivity index (χ4v) is 15.0. The lowest BCUT2D eigenvalue weighted by atomic mass is 9.51. The summed E-state index contributed by atoms with van der Waals surface area (Å²) in [6, 6.07) is 0.833. The van der Waals surface area contributed by atoms with Crippen molar-refractivity contribution in [3.63, 3.8) is 0 Å². The molecule has 4 nitrogen and oxygen atoms in total. The molecule has 0 aliphatic heterocycles. The largest absolute Gasteiger partial charge is 0.334 e. The second-order valence-corrected chi connectivity index (χ2v) is 18.8. The van der Waals surface area contributed by atoms with Gasteiger partial charge in [-0.05, 0) is 164 Å². The standard InChI is InChI=1S/C40H62N2O2/c43-37(33-7-3-1-4-8-33)41(39-21-27-15-28(22-39)17-29(16-27)23-39)35-11-13-36(14-12-35)42(38(44)34-9-5-2-6-10-34)40-24-30-18-31(25-40)20-32(19-30)26-40/h27-36H,1-26H2. The summed E-state index contributed by atoms with van der Waals surface area (Å²) in [6.07, 6.45) is 33.2. The first kappa shape index (κ1) is 29.1. The van der Waals surface area contributed by atoms with Gasteiger partial charge in [-0.2, -0.15) is 0 Å². The fraction of sp³-hybridized carbons (Fsp3) is 0.950. The zero-order chi connectivity index (χ0) is 29.5. The summed E-state index contributed by atoms with van der Waals surface area (Å²) in [7, 11) is 0. The van der Waals surface area contributed by atoms with Crippen molar-refractivity contribution in [3.05, 3.63) is 0 Å². The normalized spacial score (nSPS) is 46.7. The molecule has 0 aromatic heterocycles. The molecule has 0 N–H and O–H groups in total. The zero-order valence-electron chi connectivity index (χ0n) is 27.9. The topological polar surface area (TPSA) is 40.6 Å². The van der Waals surface area contributed by atoms with Crippen LogP contribution >= 0.6 is 0 Å². The zero-order valence-corrected chi connectivity index (χ0v) is 27.9. The Hall–Kier alpha value is -1.06. The summed E-state index contributed by atoms with van der Waals surface area (Å²) >= 11 is 0. The maximum Gasteiger partial charge on any atom is 0.226 e. The van der Waals surface area contributed by atoms with Gasteiger partial charge >= 0.3 is 0 Å². The van der Waals surface area contributed by atoms with Crippen LogP contribution in [-0.2, 0) is 9.59 Å². The first-order chi connectivity index (χ1) is 21.5. The lowest BCUT2D eigenvalue weighted by Crippen LogP contribution is -2.67. The molecular formula is C40H62N2O2. The molecule has 0 aromatic carbocycles. The Labute approximate surface area is 268 Å². The Balaban J connectivity index is 0.990. The molecule has 4 heteroatoms. The first-order valence-electron chi connectivity index (χ1n) is 20.1. The van der Waals surface area contributed by atoms with E-state index in [2.05, 4.69) is 9.80 Å². The van der Waals surface area contributed by atoms with E-state index in [1.165, 1.54) is 116 Å². The van der Waals surface area contributed by atoms with Crippen LogP contribution in [0.25, 0.3) is 0 Å². The van der Waals surface area contributed by atoms with Gasteiger partial charge < -0.3 is 9.80 Å². The molecule has 11 rings (SSSR count). The molecule has 8 bridgehead atoms. The first-order valence-corrected chi connectivity index (χ1v) is 20.1. The molecule has 11 saturated carbocycles. The van der Waals surface area contributed by atoms with Crippen molar-refractivity contribution >= 4 is 11.8 Å². The molecule has 11 aliphatic rings. The van der Waals surface area contributed by atoms with Crippen molar-refractivity contribution in [2.45, 2.75) is 190 Å². The highest BCUT2D eigenvalue weighted by Crippen LogP contribution is 2.61. The van der Waals surface area contributed by atoms with Crippen LogP contribution < -0.4 is 0 Å². The fourth-order valence-electron chi connectivity index (χ4n) is 15.0. The minimum Gasteiger partial charge on any atom is -0.334 e. The number of hydrogen-bond donors (Lipinski definition) is 0. The van der Waals surface area contributed by atoms with Crippen LogP contribution in [0.1, 0.15) is 167 Å². The molecule has 0 spiro atoms. The number of carbonyl (C=O) groups excluding carboxylic acids is 2. The molecule has 11 fully saturated rings. The summed E-state index contributed by atoms with van der Waals surface area (Å²) in [5.41, 5.74) is 0.330. The number of carbonyl (C=O) groups is 2. The van der Waals surface area contributed by atoms with Crippen LogP contribution in [0.15, 0.2) is 0 Å². The third-order valence-electron chi connectivity index (χ3n) is 15.8. The van der Waals surface area contributed by atoms with Crippen molar-refractivity contribution in [1.29, 1.82) is 0 Å². The van der Waals surface area contributed by atoms with Crippen molar-refractivity contribution in [2.24, 2.45) is 47.3 Å². The third-order valence-corrected chi connectivity index (χ3v) is 15.8. The Morgan fingerprint density at radius 2 is 0.659 bits per heavy atom. The van der Waals surface area contributed by atoms with Gasteiger partial charge in [-0.1, -0.05) is 38.5 Å². The molecule has 44 heavy (non-hydrogen) atoms. The Morgan fingerprint density at radius 3 is 0.932 bits per heavy atom. The highest BCUT2D eigenvalue weighted by atomic mass is 16.2. The molecule has 0 radical (unpaired) electrons. The summed E-state index contributed by atoms with van der Waals surface area (Å²) in [6.45, 7) is 0. The quantitative estimate of drug-likeness (QED) is 0.304. The van der Waals surface area contributed by atoms with E-state index in [-0.39, 0.29) is 22.9 Å². The van der Waals surface area contributed by atoms with Crippen molar-refractivity contribution < 1.29 is 9.59 Å². The van der Waals surface area contributed by atoms with Crippen molar-refractivity contribution in [2.75, 3.05) is 0 Å². The third kappa shape index (κ3) is 4.94. The Morgan fingerprint density at radius 1 is 0.386 bits per heavy atom. The van der Waals surface area contributed by atoms with E-state index in [0.717, 1.165) is 86.9 Å². The van der Waals surface area contributed by atoms with Gasteiger partial charge in [-0.15, -0.1) is 0 Å². The van der Waals surface area contributed by atoms with Crippen molar-refractivity contribution in [1.82, 2.24) is 9.80 Å². The van der Waals surface area contributed by atoms with Crippen LogP contribution in [0.3, 0.4) is 0 Å². The van der Waals surface area contributed by atoms with Gasteiger partial charge in [0, 0.05) is 35.0 Å². The van der Waals surface area contributed by atoms with E-state index < -0.39 is 0 Å². The van der Waals surface area contributed by atoms with Gasteiger partial charge in [0.25, 0.3) is 0 Å². The highest BCUT2D eigenvalue weighted by molar-refractivity contribution is 5.81. The predicted octanol–water partition coefficient (Wildman–Crippen LogP) is 9.05. The Bertz CT molecular complexity index is 936. The lowest BCUT2D eigenvalue weighted by molar-refractivity contribution is -0.171. The average Bonchev–Trinajstić information content (AvgIpc) is 3.01. The molecule has 11 aliphatic carbocycles. The lowest BCUT2D eigenvalue weighted by Gasteiger charge is -2.64. The van der Waals surface area contributed by atoms with Gasteiger partial charge in [0.15, 0.2) is 0 Å². The molecular weight excluding hydrogens is 540 g/mol. The van der Waals surface area contributed by atoms with Gasteiger partial charge in [0.1, 0.15) is 0 Å². The molecule has 0 saturated heterocycles. The molecule has 0 aromatic rings. The van der Waals surface area contributed by atoms with Crippen LogP contribution in [0.5, 0.6) is 0 Å². The minimum atomic E-state index is 0.165. The molecule has 244 valence electrons. The minimum absolute atomic E-state index is 0.165. The van der Waals surface area contributed by atoms with Gasteiger partial charge in [-0.3, -0.25) is 9.59 Å². The monoisotopic (exact) mass is 602 g/mol. The predicted molar refractivity (Wildman–Crippen MR) is 175 cm³/mol. The van der Waals surface area contributed by atoms with E-state index in [4.69, 9.17) is 0 Å². The summed E-state index contributed by atoms with van der Waals surface area (Å²) in [5.74, 6) is 6.96. The average molecular weight is 603 g/mol. The van der Waals surface area contributed by atoms with Crippen LogP contribution in [0.2, 0.25) is 0 Å².